The Bertz CT molecular complexity index is 1120. The number of thiophene rings is 1. The molecule has 4 aromatic rings. The highest BCUT2D eigenvalue weighted by Crippen LogP contribution is 2.32. The van der Waals surface area contributed by atoms with Gasteiger partial charge in [0.15, 0.2) is 5.16 Å². The smallest absolute Gasteiger partial charge is 0.268 e. The number of rotatable bonds is 4. The fourth-order valence-electron chi connectivity index (χ4n) is 2.85. The van der Waals surface area contributed by atoms with Gasteiger partial charge in [0.2, 0.25) is 0 Å². The molecule has 6 heteroatoms. The minimum Gasteiger partial charge on any atom is -0.268 e. The van der Waals surface area contributed by atoms with Gasteiger partial charge in [0, 0.05) is 16.0 Å². The highest BCUT2D eigenvalue weighted by molar-refractivity contribution is 7.99. The summed E-state index contributed by atoms with van der Waals surface area (Å²) in [4.78, 5) is 19.0. The van der Waals surface area contributed by atoms with Gasteiger partial charge in [-0.25, -0.2) is 4.98 Å². The molecule has 2 heterocycles. The van der Waals surface area contributed by atoms with Gasteiger partial charge in [-0.3, -0.25) is 9.36 Å². The van der Waals surface area contributed by atoms with Crippen molar-refractivity contribution in [2.45, 2.75) is 12.1 Å². The molecule has 26 heavy (non-hydrogen) atoms. The summed E-state index contributed by atoms with van der Waals surface area (Å²) in [7, 11) is 0. The second-order valence-corrected chi connectivity index (χ2v) is 8.17. The second kappa shape index (κ2) is 7.27. The van der Waals surface area contributed by atoms with Gasteiger partial charge in [-0.2, -0.15) is 0 Å². The van der Waals surface area contributed by atoms with E-state index in [4.69, 9.17) is 16.6 Å². The van der Waals surface area contributed by atoms with Crippen LogP contribution in [0.15, 0.2) is 69.9 Å². The molecule has 4 rings (SSSR count). The Morgan fingerprint density at radius 2 is 1.85 bits per heavy atom. The Balaban J connectivity index is 2.03. The first-order chi connectivity index (χ1) is 12.7. The number of fused-ring (bicyclic) bond motifs is 1. The summed E-state index contributed by atoms with van der Waals surface area (Å²) in [6, 6.07) is 17.2. The minimum atomic E-state index is -0.0478. The van der Waals surface area contributed by atoms with E-state index in [9.17, 15) is 4.79 Å². The lowest BCUT2D eigenvalue weighted by atomic mass is 10.1. The van der Waals surface area contributed by atoms with Crippen LogP contribution in [0.5, 0.6) is 0 Å². The Kier molecular flexibility index (Phi) is 4.85. The third kappa shape index (κ3) is 3.07. The van der Waals surface area contributed by atoms with E-state index in [1.165, 1.54) is 11.3 Å². The van der Waals surface area contributed by atoms with Crippen molar-refractivity contribution < 1.29 is 0 Å². The number of halogens is 1. The normalized spacial score (nSPS) is 11.2. The number of nitrogens with zero attached hydrogens (tertiary/aromatic N) is 2. The fourth-order valence-corrected chi connectivity index (χ4v) is 4.70. The highest BCUT2D eigenvalue weighted by atomic mass is 35.5. The van der Waals surface area contributed by atoms with E-state index in [0.29, 0.717) is 15.6 Å². The summed E-state index contributed by atoms with van der Waals surface area (Å²) in [5, 5.41) is 4.02. The topological polar surface area (TPSA) is 34.9 Å². The Morgan fingerprint density at radius 3 is 2.54 bits per heavy atom. The standard InChI is InChI=1S/C20H15ClN2OS2/c1-2-25-20-22-18-17(16(12-26-18)13-6-4-3-5-7-13)19(24)23(20)15-10-8-14(21)9-11-15/h3-12H,2H2,1H3. The van der Waals surface area contributed by atoms with E-state index < -0.39 is 0 Å². The van der Waals surface area contributed by atoms with Crippen LogP contribution in [0.1, 0.15) is 6.92 Å². The molecule has 0 atom stereocenters. The molecule has 0 fully saturated rings. The van der Waals surface area contributed by atoms with Crippen LogP contribution in [-0.4, -0.2) is 15.3 Å². The number of hydrogen-bond acceptors (Lipinski definition) is 4. The molecule has 130 valence electrons. The van der Waals surface area contributed by atoms with Gasteiger partial charge in [-0.05, 0) is 35.6 Å². The minimum absolute atomic E-state index is 0.0478. The first kappa shape index (κ1) is 17.3. The molecular weight excluding hydrogens is 384 g/mol. The second-order valence-electron chi connectivity index (χ2n) is 5.64. The Hall–Kier alpha value is -2.08. The van der Waals surface area contributed by atoms with E-state index >= 15 is 0 Å². The van der Waals surface area contributed by atoms with Gasteiger partial charge in [0.05, 0.1) is 11.1 Å². The average molecular weight is 399 g/mol. The van der Waals surface area contributed by atoms with Gasteiger partial charge in [0.1, 0.15) is 4.83 Å². The van der Waals surface area contributed by atoms with E-state index in [-0.39, 0.29) is 5.56 Å². The number of thioether (sulfide) groups is 1. The fraction of sp³-hybridized carbons (Fsp3) is 0.100. The molecule has 0 radical (unpaired) electrons. The molecule has 0 saturated carbocycles. The third-order valence-electron chi connectivity index (χ3n) is 4.02. The molecule has 2 aromatic heterocycles. The van der Waals surface area contributed by atoms with Crippen molar-refractivity contribution in [2.75, 3.05) is 5.75 Å². The summed E-state index contributed by atoms with van der Waals surface area (Å²) in [5.41, 5.74) is 2.68. The Morgan fingerprint density at radius 1 is 1.12 bits per heavy atom. The van der Waals surface area contributed by atoms with Gasteiger partial charge >= 0.3 is 0 Å². The number of benzene rings is 2. The van der Waals surface area contributed by atoms with Crippen LogP contribution in [-0.2, 0) is 0 Å². The summed E-state index contributed by atoms with van der Waals surface area (Å²) in [6.45, 7) is 2.05. The van der Waals surface area contributed by atoms with Crippen molar-refractivity contribution in [3.05, 3.63) is 75.4 Å². The number of aromatic nitrogens is 2. The van der Waals surface area contributed by atoms with Crippen molar-refractivity contribution in [3.8, 4) is 16.8 Å². The maximum Gasteiger partial charge on any atom is 0.268 e. The van der Waals surface area contributed by atoms with E-state index in [1.54, 1.807) is 28.5 Å². The molecule has 0 unspecified atom stereocenters. The first-order valence-electron chi connectivity index (χ1n) is 8.17. The molecule has 0 N–H and O–H groups in total. The van der Waals surface area contributed by atoms with Gasteiger partial charge in [-0.15, -0.1) is 11.3 Å². The zero-order valence-electron chi connectivity index (χ0n) is 14.0. The SMILES string of the molecule is CCSc1nc2scc(-c3ccccc3)c2c(=O)n1-c1ccc(Cl)cc1. The highest BCUT2D eigenvalue weighted by Gasteiger charge is 2.18. The van der Waals surface area contributed by atoms with Crippen molar-refractivity contribution in [1.82, 2.24) is 9.55 Å². The molecule has 0 saturated heterocycles. The van der Waals surface area contributed by atoms with Crippen LogP contribution in [0.2, 0.25) is 5.02 Å². The van der Waals surface area contributed by atoms with E-state index in [0.717, 1.165) is 27.4 Å². The molecular formula is C20H15ClN2OS2. The number of hydrogen-bond donors (Lipinski definition) is 0. The lowest BCUT2D eigenvalue weighted by Crippen LogP contribution is -2.21. The van der Waals surface area contributed by atoms with Crippen molar-refractivity contribution in [3.63, 3.8) is 0 Å². The molecule has 0 aliphatic rings. The predicted octanol–water partition coefficient (Wildman–Crippen LogP) is 5.88. The maximum absolute atomic E-state index is 13.4. The van der Waals surface area contributed by atoms with Crippen LogP contribution in [0.4, 0.5) is 0 Å². The van der Waals surface area contributed by atoms with Crippen LogP contribution in [0.3, 0.4) is 0 Å². The lowest BCUT2D eigenvalue weighted by molar-refractivity contribution is 0.823. The molecule has 0 spiro atoms. The summed E-state index contributed by atoms with van der Waals surface area (Å²) >= 11 is 9.09. The molecule has 3 nitrogen and oxygen atoms in total. The van der Waals surface area contributed by atoms with Gasteiger partial charge < -0.3 is 0 Å². The predicted molar refractivity (Wildman–Crippen MR) is 112 cm³/mol. The average Bonchev–Trinajstić information content (AvgIpc) is 3.08. The first-order valence-corrected chi connectivity index (χ1v) is 10.4. The third-order valence-corrected chi connectivity index (χ3v) is 5.97. The van der Waals surface area contributed by atoms with E-state index in [2.05, 4.69) is 6.92 Å². The van der Waals surface area contributed by atoms with Gasteiger partial charge in [0.25, 0.3) is 5.56 Å². The van der Waals surface area contributed by atoms with Crippen LogP contribution in [0.25, 0.3) is 27.0 Å². The van der Waals surface area contributed by atoms with Crippen molar-refractivity contribution in [1.29, 1.82) is 0 Å². The van der Waals surface area contributed by atoms with Gasteiger partial charge in [-0.1, -0.05) is 60.6 Å². The monoisotopic (exact) mass is 398 g/mol. The van der Waals surface area contributed by atoms with E-state index in [1.807, 2.05) is 47.8 Å². The summed E-state index contributed by atoms with van der Waals surface area (Å²) in [6.07, 6.45) is 0. The summed E-state index contributed by atoms with van der Waals surface area (Å²) < 4.78 is 1.69. The quantitative estimate of drug-likeness (QED) is 0.318. The van der Waals surface area contributed by atoms with Crippen molar-refractivity contribution in [2.24, 2.45) is 0 Å². The maximum atomic E-state index is 13.4. The lowest BCUT2D eigenvalue weighted by Gasteiger charge is -2.12. The molecule has 0 aliphatic carbocycles. The molecule has 0 amide bonds. The van der Waals surface area contributed by atoms with Crippen molar-refractivity contribution >= 4 is 44.9 Å². The zero-order chi connectivity index (χ0) is 18.1. The van der Waals surface area contributed by atoms with Crippen LogP contribution >= 0.6 is 34.7 Å². The zero-order valence-corrected chi connectivity index (χ0v) is 16.4. The largest absolute Gasteiger partial charge is 0.268 e. The summed E-state index contributed by atoms with van der Waals surface area (Å²) in [5.74, 6) is 0.836. The molecule has 0 bridgehead atoms. The molecule has 0 aliphatic heterocycles. The van der Waals surface area contributed by atoms with Crippen LogP contribution < -0.4 is 5.56 Å². The van der Waals surface area contributed by atoms with Crippen LogP contribution in [0, 0.1) is 0 Å². The molecule has 2 aromatic carbocycles. The Labute approximate surface area is 164 Å².